The van der Waals surface area contributed by atoms with Crippen molar-refractivity contribution in [3.8, 4) is 11.3 Å². The number of nitrogens with zero attached hydrogens (tertiary/aromatic N) is 1. The van der Waals surface area contributed by atoms with Gasteiger partial charge in [-0.3, -0.25) is 4.79 Å². The minimum atomic E-state index is -0.111. The molecule has 0 spiro atoms. The molecule has 2 N–H and O–H groups in total. The van der Waals surface area contributed by atoms with Crippen LogP contribution in [0.1, 0.15) is 24.2 Å². The van der Waals surface area contributed by atoms with E-state index < -0.39 is 0 Å². The number of hydrogen-bond acceptors (Lipinski definition) is 5. The van der Waals surface area contributed by atoms with Crippen LogP contribution in [0.25, 0.3) is 11.3 Å². The number of amides is 1. The van der Waals surface area contributed by atoms with E-state index in [0.717, 1.165) is 33.4 Å². The molecule has 1 atom stereocenters. The van der Waals surface area contributed by atoms with E-state index in [1.165, 1.54) is 0 Å². The van der Waals surface area contributed by atoms with Crippen molar-refractivity contribution < 1.29 is 9.21 Å². The molecule has 1 amide bonds. The summed E-state index contributed by atoms with van der Waals surface area (Å²) < 4.78 is 5.29. The first-order valence-corrected chi connectivity index (χ1v) is 8.25. The molecule has 0 bridgehead atoms. The van der Waals surface area contributed by atoms with E-state index in [-0.39, 0.29) is 11.8 Å². The van der Waals surface area contributed by atoms with Crippen molar-refractivity contribution in [1.82, 2.24) is 4.98 Å². The molecule has 23 heavy (non-hydrogen) atoms. The topological polar surface area (TPSA) is 67.2 Å². The van der Waals surface area contributed by atoms with E-state index in [1.807, 2.05) is 42.6 Å². The average Bonchev–Trinajstić information content (AvgIpc) is 3.28. The smallest absolute Gasteiger partial charge is 0.231 e. The summed E-state index contributed by atoms with van der Waals surface area (Å²) in [6, 6.07) is 9.77. The Hall–Kier alpha value is -2.60. The van der Waals surface area contributed by atoms with E-state index in [4.69, 9.17) is 4.42 Å². The lowest BCUT2D eigenvalue weighted by Gasteiger charge is -2.04. The first kappa shape index (κ1) is 14.0. The van der Waals surface area contributed by atoms with Crippen LogP contribution in [0, 0.1) is 0 Å². The zero-order valence-corrected chi connectivity index (χ0v) is 13.3. The second kappa shape index (κ2) is 5.55. The van der Waals surface area contributed by atoms with Crippen LogP contribution in [-0.2, 0) is 11.3 Å². The van der Waals surface area contributed by atoms with Gasteiger partial charge in [0.25, 0.3) is 0 Å². The highest BCUT2D eigenvalue weighted by Crippen LogP contribution is 2.36. The first-order chi connectivity index (χ1) is 11.2. The Balaban J connectivity index is 1.54. The molecule has 0 saturated carbocycles. The van der Waals surface area contributed by atoms with E-state index in [1.54, 1.807) is 17.6 Å². The maximum Gasteiger partial charge on any atom is 0.231 e. The normalized spacial score (nSPS) is 16.2. The van der Waals surface area contributed by atoms with Crippen molar-refractivity contribution in [3.63, 3.8) is 0 Å². The summed E-state index contributed by atoms with van der Waals surface area (Å²) in [7, 11) is 0. The maximum atomic E-state index is 11.7. The SMILES string of the molecule is CC1C(=O)Nc2ccc(-c3csc(NCc4ccco4)n3)cc21. The molecule has 4 rings (SSSR count). The number of fused-ring (bicyclic) bond motifs is 1. The maximum absolute atomic E-state index is 11.7. The van der Waals surface area contributed by atoms with E-state index in [2.05, 4.69) is 15.6 Å². The number of aromatic nitrogens is 1. The van der Waals surface area contributed by atoms with Gasteiger partial charge in [-0.05, 0) is 36.8 Å². The summed E-state index contributed by atoms with van der Waals surface area (Å²) in [6.07, 6.45) is 1.66. The number of carbonyl (C=O) groups is 1. The van der Waals surface area contributed by atoms with Gasteiger partial charge in [-0.25, -0.2) is 4.98 Å². The number of carbonyl (C=O) groups excluding carboxylic acids is 1. The van der Waals surface area contributed by atoms with Gasteiger partial charge in [-0.15, -0.1) is 11.3 Å². The van der Waals surface area contributed by atoms with Crippen molar-refractivity contribution >= 4 is 28.1 Å². The predicted octanol–water partition coefficient (Wildman–Crippen LogP) is 4.07. The molecule has 0 saturated heterocycles. The third-order valence-electron chi connectivity index (χ3n) is 3.96. The Morgan fingerprint density at radius 1 is 1.39 bits per heavy atom. The number of anilines is 2. The lowest BCUT2D eigenvalue weighted by atomic mass is 10.00. The first-order valence-electron chi connectivity index (χ1n) is 7.37. The van der Waals surface area contributed by atoms with Crippen LogP contribution >= 0.6 is 11.3 Å². The molecule has 1 unspecified atom stereocenters. The van der Waals surface area contributed by atoms with Gasteiger partial charge in [0.15, 0.2) is 5.13 Å². The Labute approximate surface area is 137 Å². The monoisotopic (exact) mass is 325 g/mol. The van der Waals surface area contributed by atoms with Crippen molar-refractivity contribution in [2.24, 2.45) is 0 Å². The minimum Gasteiger partial charge on any atom is -0.467 e. The number of rotatable bonds is 4. The molecule has 0 radical (unpaired) electrons. The minimum absolute atomic E-state index is 0.0521. The third kappa shape index (κ3) is 2.61. The number of benzene rings is 1. The molecule has 2 aromatic heterocycles. The van der Waals surface area contributed by atoms with E-state index >= 15 is 0 Å². The molecule has 6 heteroatoms. The molecule has 5 nitrogen and oxygen atoms in total. The molecule has 1 aliphatic heterocycles. The molecular formula is C17H15N3O2S. The van der Waals surface area contributed by atoms with Gasteiger partial charge in [-0.2, -0.15) is 0 Å². The van der Waals surface area contributed by atoms with Gasteiger partial charge in [0.2, 0.25) is 5.91 Å². The summed E-state index contributed by atoms with van der Waals surface area (Å²) >= 11 is 1.55. The summed E-state index contributed by atoms with van der Waals surface area (Å²) in [5, 5.41) is 9.00. The fourth-order valence-corrected chi connectivity index (χ4v) is 3.36. The van der Waals surface area contributed by atoms with Gasteiger partial charge in [0.1, 0.15) is 5.76 Å². The molecule has 0 fully saturated rings. The fourth-order valence-electron chi connectivity index (χ4n) is 2.64. The quantitative estimate of drug-likeness (QED) is 0.759. The molecule has 116 valence electrons. The second-order valence-electron chi connectivity index (χ2n) is 5.48. The molecule has 3 heterocycles. The Morgan fingerprint density at radius 2 is 2.30 bits per heavy atom. The summed E-state index contributed by atoms with van der Waals surface area (Å²) in [6.45, 7) is 2.53. The number of furan rings is 1. The average molecular weight is 325 g/mol. The highest BCUT2D eigenvalue weighted by Gasteiger charge is 2.26. The van der Waals surface area contributed by atoms with Crippen molar-refractivity contribution in [2.45, 2.75) is 19.4 Å². The third-order valence-corrected chi connectivity index (χ3v) is 4.76. The molecule has 3 aromatic rings. The zero-order valence-electron chi connectivity index (χ0n) is 12.5. The Morgan fingerprint density at radius 3 is 3.13 bits per heavy atom. The molecular weight excluding hydrogens is 310 g/mol. The van der Waals surface area contributed by atoms with E-state index in [0.29, 0.717) is 6.54 Å². The number of thiazole rings is 1. The number of hydrogen-bond donors (Lipinski definition) is 2. The van der Waals surface area contributed by atoms with Gasteiger partial charge in [0.05, 0.1) is 24.4 Å². The van der Waals surface area contributed by atoms with Crippen LogP contribution in [0.15, 0.2) is 46.4 Å². The molecule has 1 aromatic carbocycles. The van der Waals surface area contributed by atoms with Crippen LogP contribution in [0.4, 0.5) is 10.8 Å². The summed E-state index contributed by atoms with van der Waals surface area (Å²) in [5.41, 5.74) is 3.86. The van der Waals surface area contributed by atoms with Gasteiger partial charge < -0.3 is 15.1 Å². The van der Waals surface area contributed by atoms with Crippen molar-refractivity contribution in [1.29, 1.82) is 0 Å². The van der Waals surface area contributed by atoms with Crippen LogP contribution in [-0.4, -0.2) is 10.9 Å². The van der Waals surface area contributed by atoms with Crippen molar-refractivity contribution in [2.75, 3.05) is 10.6 Å². The van der Waals surface area contributed by atoms with Gasteiger partial charge in [0, 0.05) is 16.6 Å². The van der Waals surface area contributed by atoms with Crippen LogP contribution < -0.4 is 10.6 Å². The molecule has 1 aliphatic rings. The summed E-state index contributed by atoms with van der Waals surface area (Å²) in [4.78, 5) is 16.3. The largest absolute Gasteiger partial charge is 0.467 e. The highest BCUT2D eigenvalue weighted by atomic mass is 32.1. The Kier molecular flexibility index (Phi) is 3.38. The standard InChI is InChI=1S/C17H15N3O2S/c1-10-13-7-11(4-5-14(13)19-16(10)21)15-9-23-17(20-15)18-8-12-3-2-6-22-12/h2-7,9-10H,8H2,1H3,(H,18,20)(H,19,21). The van der Waals surface area contributed by atoms with Gasteiger partial charge >= 0.3 is 0 Å². The lowest BCUT2D eigenvalue weighted by Crippen LogP contribution is -2.08. The Bertz CT molecular complexity index is 855. The van der Waals surface area contributed by atoms with Crippen molar-refractivity contribution in [3.05, 3.63) is 53.3 Å². The predicted molar refractivity (Wildman–Crippen MR) is 90.6 cm³/mol. The van der Waals surface area contributed by atoms with Crippen LogP contribution in [0.2, 0.25) is 0 Å². The van der Waals surface area contributed by atoms with Crippen LogP contribution in [0.5, 0.6) is 0 Å². The zero-order chi connectivity index (χ0) is 15.8. The van der Waals surface area contributed by atoms with Gasteiger partial charge in [-0.1, -0.05) is 6.07 Å². The number of nitrogens with one attached hydrogen (secondary N) is 2. The summed E-state index contributed by atoms with van der Waals surface area (Å²) in [5.74, 6) is 0.814. The molecule has 0 aliphatic carbocycles. The lowest BCUT2D eigenvalue weighted by molar-refractivity contribution is -0.116. The van der Waals surface area contributed by atoms with Crippen LogP contribution in [0.3, 0.4) is 0 Å². The fraction of sp³-hybridized carbons (Fsp3) is 0.176. The highest BCUT2D eigenvalue weighted by molar-refractivity contribution is 7.14. The second-order valence-corrected chi connectivity index (χ2v) is 6.34. The van der Waals surface area contributed by atoms with E-state index in [9.17, 15) is 4.79 Å².